The summed E-state index contributed by atoms with van der Waals surface area (Å²) in [6.45, 7) is 21.5. The van der Waals surface area contributed by atoms with Gasteiger partial charge < -0.3 is 22.5 Å². The standard InChI is InChI=1S/C17H41NO5Si4/c1-16(19)12-13-17(20)18-14-11-15-27(10,22-25(5,6)7)23-26(8,9)21-24(2,3)4/h11-15H2,1-10H3,(H,18,20). The average molecular weight is 452 g/mol. The molecule has 0 fully saturated rings. The highest BCUT2D eigenvalue weighted by Gasteiger charge is 2.44. The van der Waals surface area contributed by atoms with E-state index in [2.05, 4.69) is 64.2 Å². The summed E-state index contributed by atoms with van der Waals surface area (Å²) in [5.74, 6) is -0.0333. The summed E-state index contributed by atoms with van der Waals surface area (Å²) < 4.78 is 19.5. The van der Waals surface area contributed by atoms with Crippen LogP contribution >= 0.6 is 0 Å². The van der Waals surface area contributed by atoms with E-state index in [-0.39, 0.29) is 18.1 Å². The number of amides is 1. The Bertz CT molecular complexity index is 503. The number of carbonyl (C=O) groups excluding carboxylic acids is 2. The monoisotopic (exact) mass is 451 g/mol. The van der Waals surface area contributed by atoms with Crippen molar-refractivity contribution in [3.63, 3.8) is 0 Å². The second-order valence-corrected chi connectivity index (χ2v) is 26.2. The molecular formula is C17H41NO5Si4. The zero-order valence-corrected chi connectivity index (χ0v) is 23.1. The lowest BCUT2D eigenvalue weighted by molar-refractivity contribution is -0.124. The molecule has 0 bridgehead atoms. The Kier molecular flexibility index (Phi) is 10.6. The third kappa shape index (κ3) is 15.5. The third-order valence-corrected chi connectivity index (χ3v) is 16.9. The van der Waals surface area contributed by atoms with Gasteiger partial charge in [-0.15, -0.1) is 0 Å². The fourth-order valence-electron chi connectivity index (χ4n) is 3.06. The molecule has 1 amide bonds. The molecule has 1 atom stereocenters. The van der Waals surface area contributed by atoms with E-state index in [1.807, 2.05) is 0 Å². The maximum Gasteiger partial charge on any atom is 0.315 e. The van der Waals surface area contributed by atoms with Crippen molar-refractivity contribution < 1.29 is 21.9 Å². The fraction of sp³-hybridized carbons (Fsp3) is 0.882. The average Bonchev–Trinajstić information content (AvgIpc) is 2.35. The van der Waals surface area contributed by atoms with Crippen LogP contribution in [0.2, 0.25) is 65.0 Å². The summed E-state index contributed by atoms with van der Waals surface area (Å²) in [5.41, 5.74) is 0. The largest absolute Gasteiger partial charge is 0.437 e. The van der Waals surface area contributed by atoms with E-state index in [4.69, 9.17) is 12.3 Å². The van der Waals surface area contributed by atoms with Crippen LogP contribution in [-0.2, 0) is 21.9 Å². The Balaban J connectivity index is 4.80. The van der Waals surface area contributed by atoms with Crippen molar-refractivity contribution >= 4 is 45.4 Å². The van der Waals surface area contributed by atoms with Gasteiger partial charge in [0, 0.05) is 19.4 Å². The highest BCUT2D eigenvalue weighted by Crippen LogP contribution is 2.27. The summed E-state index contributed by atoms with van der Waals surface area (Å²) in [7, 11) is -8.16. The molecule has 0 saturated heterocycles. The minimum Gasteiger partial charge on any atom is -0.437 e. The van der Waals surface area contributed by atoms with E-state index in [9.17, 15) is 9.59 Å². The Morgan fingerprint density at radius 3 is 1.74 bits per heavy atom. The van der Waals surface area contributed by atoms with Gasteiger partial charge in [-0.1, -0.05) is 0 Å². The van der Waals surface area contributed by atoms with Gasteiger partial charge in [0.15, 0.2) is 16.6 Å². The van der Waals surface area contributed by atoms with Crippen LogP contribution in [0.25, 0.3) is 0 Å². The predicted molar refractivity (Wildman–Crippen MR) is 121 cm³/mol. The number of Topliss-reactive ketones (excluding diaryl/α,β-unsaturated/α-hetero) is 1. The molecule has 0 rings (SSSR count). The van der Waals surface area contributed by atoms with Crippen LogP contribution < -0.4 is 5.32 Å². The van der Waals surface area contributed by atoms with Crippen molar-refractivity contribution in [1.29, 1.82) is 0 Å². The van der Waals surface area contributed by atoms with Crippen LogP contribution in [0.15, 0.2) is 0 Å². The van der Waals surface area contributed by atoms with Crippen LogP contribution in [0.5, 0.6) is 0 Å². The van der Waals surface area contributed by atoms with Gasteiger partial charge in [-0.2, -0.15) is 0 Å². The Morgan fingerprint density at radius 2 is 1.30 bits per heavy atom. The number of hydrogen-bond donors (Lipinski definition) is 1. The first-order chi connectivity index (χ1) is 11.9. The van der Waals surface area contributed by atoms with E-state index in [0.717, 1.165) is 12.5 Å². The molecule has 0 aliphatic heterocycles. The molecule has 6 nitrogen and oxygen atoms in total. The molecule has 1 N–H and O–H groups in total. The van der Waals surface area contributed by atoms with Crippen molar-refractivity contribution in [3.05, 3.63) is 0 Å². The lowest BCUT2D eigenvalue weighted by atomic mass is 10.2. The van der Waals surface area contributed by atoms with Gasteiger partial charge in [-0.05, 0) is 78.3 Å². The maximum absolute atomic E-state index is 11.8. The molecule has 0 saturated carbocycles. The zero-order valence-electron chi connectivity index (χ0n) is 19.1. The molecule has 0 spiro atoms. The number of nitrogens with one attached hydrogen (secondary N) is 1. The minimum absolute atomic E-state index is 0.0386. The van der Waals surface area contributed by atoms with Gasteiger partial charge in [0.05, 0.1) is 0 Å². The lowest BCUT2D eigenvalue weighted by Gasteiger charge is -2.41. The van der Waals surface area contributed by atoms with Crippen molar-refractivity contribution in [2.75, 3.05) is 6.54 Å². The molecular weight excluding hydrogens is 411 g/mol. The predicted octanol–water partition coefficient (Wildman–Crippen LogP) is 4.36. The summed E-state index contributed by atoms with van der Waals surface area (Å²) in [6, 6.07) is 0.815. The molecule has 0 aromatic rings. The van der Waals surface area contributed by atoms with Gasteiger partial charge in [-0.3, -0.25) is 4.79 Å². The summed E-state index contributed by atoms with van der Waals surface area (Å²) in [4.78, 5) is 22.7. The Labute approximate surface area is 170 Å². The molecule has 160 valence electrons. The van der Waals surface area contributed by atoms with E-state index in [1.54, 1.807) is 0 Å². The number of carbonyl (C=O) groups is 2. The topological polar surface area (TPSA) is 73.9 Å². The molecule has 0 aliphatic rings. The highest BCUT2D eigenvalue weighted by atomic mass is 28.5. The Morgan fingerprint density at radius 1 is 0.778 bits per heavy atom. The fourth-order valence-corrected chi connectivity index (χ4v) is 21.0. The molecule has 0 aromatic carbocycles. The van der Waals surface area contributed by atoms with Gasteiger partial charge in [-0.25, -0.2) is 0 Å². The molecule has 1 unspecified atom stereocenters. The summed E-state index contributed by atoms with van der Waals surface area (Å²) in [6.07, 6.45) is 1.36. The van der Waals surface area contributed by atoms with E-state index in [1.165, 1.54) is 6.92 Å². The van der Waals surface area contributed by atoms with Crippen LogP contribution in [0.4, 0.5) is 0 Å². The number of hydrogen-bond acceptors (Lipinski definition) is 5. The van der Waals surface area contributed by atoms with Crippen molar-refractivity contribution in [3.8, 4) is 0 Å². The third-order valence-electron chi connectivity index (χ3n) is 3.37. The quantitative estimate of drug-likeness (QED) is 0.333. The normalized spacial score (nSPS) is 15.3. The van der Waals surface area contributed by atoms with Gasteiger partial charge >= 0.3 is 17.1 Å². The van der Waals surface area contributed by atoms with Crippen molar-refractivity contribution in [1.82, 2.24) is 5.32 Å². The van der Waals surface area contributed by atoms with E-state index >= 15 is 0 Å². The zero-order chi connectivity index (χ0) is 21.5. The maximum atomic E-state index is 11.8. The van der Waals surface area contributed by atoms with Crippen LogP contribution in [0.3, 0.4) is 0 Å². The van der Waals surface area contributed by atoms with E-state index in [0.29, 0.717) is 13.0 Å². The molecule has 0 aliphatic carbocycles. The highest BCUT2D eigenvalue weighted by molar-refractivity contribution is 6.89. The first-order valence-corrected chi connectivity index (χ1v) is 22.0. The lowest BCUT2D eigenvalue weighted by Crippen LogP contribution is -2.56. The molecule has 0 heterocycles. The molecule has 10 heteroatoms. The smallest absolute Gasteiger partial charge is 0.315 e. The van der Waals surface area contributed by atoms with Gasteiger partial charge in [0.25, 0.3) is 0 Å². The number of rotatable bonds is 13. The van der Waals surface area contributed by atoms with Crippen LogP contribution in [-0.4, -0.2) is 52.0 Å². The SMILES string of the molecule is CC(=O)CCC(=O)NCCC[Si](C)(O[Si](C)(C)C)O[Si](C)(C)O[Si](C)(C)C. The number of ketones is 1. The van der Waals surface area contributed by atoms with E-state index < -0.39 is 33.8 Å². The van der Waals surface area contributed by atoms with Crippen LogP contribution in [0.1, 0.15) is 26.2 Å². The second-order valence-electron chi connectivity index (χ2n) is 9.72. The summed E-state index contributed by atoms with van der Waals surface area (Å²) in [5, 5.41) is 2.89. The first-order valence-electron chi connectivity index (χ1n) is 9.80. The van der Waals surface area contributed by atoms with Crippen molar-refractivity contribution in [2.24, 2.45) is 0 Å². The first kappa shape index (κ1) is 26.9. The minimum atomic E-state index is -2.41. The molecule has 27 heavy (non-hydrogen) atoms. The second kappa shape index (κ2) is 10.6. The molecule has 0 radical (unpaired) electrons. The van der Waals surface area contributed by atoms with Gasteiger partial charge in [0.2, 0.25) is 5.91 Å². The van der Waals surface area contributed by atoms with Crippen LogP contribution in [0, 0.1) is 0 Å². The van der Waals surface area contributed by atoms with Crippen molar-refractivity contribution in [2.45, 2.75) is 91.2 Å². The summed E-state index contributed by atoms with van der Waals surface area (Å²) >= 11 is 0. The Hall–Kier alpha value is -0.112. The van der Waals surface area contributed by atoms with Gasteiger partial charge in [0.1, 0.15) is 5.78 Å². The molecule has 0 aromatic heterocycles.